The minimum atomic E-state index is -0.192. The number of carbonyl (C=O) groups excluding carboxylic acids is 1. The van der Waals surface area contributed by atoms with Gasteiger partial charge in [0.25, 0.3) is 5.56 Å². The SMILES string of the molecule is Cc1ccc(-c2csc3c(=O)n(CC(=O)N(C)c4ccccc4)cnc23)cc1. The van der Waals surface area contributed by atoms with Gasteiger partial charge in [0, 0.05) is 23.7 Å². The lowest BCUT2D eigenvalue weighted by atomic mass is 10.1. The number of amides is 1. The highest BCUT2D eigenvalue weighted by Crippen LogP contribution is 2.30. The first-order valence-electron chi connectivity index (χ1n) is 8.90. The van der Waals surface area contributed by atoms with Crippen molar-refractivity contribution in [2.75, 3.05) is 11.9 Å². The Balaban J connectivity index is 1.65. The number of nitrogens with zero attached hydrogens (tertiary/aromatic N) is 3. The fourth-order valence-corrected chi connectivity index (χ4v) is 4.02. The van der Waals surface area contributed by atoms with Crippen molar-refractivity contribution < 1.29 is 4.79 Å². The highest BCUT2D eigenvalue weighted by atomic mass is 32.1. The van der Waals surface area contributed by atoms with Crippen molar-refractivity contribution in [2.24, 2.45) is 0 Å². The number of carbonyl (C=O) groups is 1. The van der Waals surface area contributed by atoms with E-state index in [0.717, 1.165) is 16.8 Å². The number of aromatic nitrogens is 2. The normalized spacial score (nSPS) is 10.9. The number of benzene rings is 2. The molecule has 0 bridgehead atoms. The van der Waals surface area contributed by atoms with Crippen molar-refractivity contribution >= 4 is 33.1 Å². The van der Waals surface area contributed by atoms with E-state index >= 15 is 0 Å². The van der Waals surface area contributed by atoms with Crippen LogP contribution >= 0.6 is 11.3 Å². The lowest BCUT2D eigenvalue weighted by Gasteiger charge is -2.17. The minimum Gasteiger partial charge on any atom is -0.314 e. The zero-order valence-corrected chi connectivity index (χ0v) is 16.4. The van der Waals surface area contributed by atoms with Crippen LogP contribution in [0.1, 0.15) is 5.56 Å². The van der Waals surface area contributed by atoms with Crippen LogP contribution in [0.15, 0.2) is 71.1 Å². The Kier molecular flexibility index (Phi) is 4.79. The Labute approximate surface area is 166 Å². The molecule has 4 aromatic rings. The molecule has 4 rings (SSSR count). The topological polar surface area (TPSA) is 55.2 Å². The van der Waals surface area contributed by atoms with Crippen molar-refractivity contribution in [1.29, 1.82) is 0 Å². The number of thiophene rings is 1. The molecule has 28 heavy (non-hydrogen) atoms. The number of para-hydroxylation sites is 1. The van der Waals surface area contributed by atoms with Crippen LogP contribution in [-0.4, -0.2) is 22.5 Å². The van der Waals surface area contributed by atoms with Crippen molar-refractivity contribution in [3.05, 3.63) is 82.2 Å². The molecule has 0 aliphatic heterocycles. The van der Waals surface area contributed by atoms with E-state index in [1.807, 2.05) is 66.9 Å². The molecule has 2 heterocycles. The molecule has 6 heteroatoms. The Morgan fingerprint density at radius 3 is 2.54 bits per heavy atom. The van der Waals surface area contributed by atoms with Crippen LogP contribution in [0, 0.1) is 6.92 Å². The van der Waals surface area contributed by atoms with Crippen molar-refractivity contribution in [2.45, 2.75) is 13.5 Å². The fourth-order valence-electron chi connectivity index (χ4n) is 3.04. The number of fused-ring (bicyclic) bond motifs is 1. The lowest BCUT2D eigenvalue weighted by molar-refractivity contribution is -0.118. The second-order valence-electron chi connectivity index (χ2n) is 6.66. The van der Waals surface area contributed by atoms with Gasteiger partial charge in [0.15, 0.2) is 0 Å². The molecule has 0 aliphatic carbocycles. The van der Waals surface area contributed by atoms with Gasteiger partial charge < -0.3 is 4.90 Å². The molecule has 5 nitrogen and oxygen atoms in total. The number of hydrogen-bond donors (Lipinski definition) is 0. The molecule has 0 aliphatic rings. The predicted molar refractivity (Wildman–Crippen MR) is 114 cm³/mol. The number of likely N-dealkylation sites (N-methyl/N-ethyl adjacent to an activating group) is 1. The lowest BCUT2D eigenvalue weighted by Crippen LogP contribution is -2.33. The van der Waals surface area contributed by atoms with Crippen LogP contribution in [0.4, 0.5) is 5.69 Å². The molecule has 0 spiro atoms. The summed E-state index contributed by atoms with van der Waals surface area (Å²) in [5.41, 5.74) is 4.42. The zero-order valence-electron chi connectivity index (χ0n) is 15.6. The van der Waals surface area contributed by atoms with Crippen LogP contribution in [0.5, 0.6) is 0 Å². The van der Waals surface area contributed by atoms with Gasteiger partial charge in [-0.15, -0.1) is 11.3 Å². The van der Waals surface area contributed by atoms with Gasteiger partial charge in [-0.1, -0.05) is 48.0 Å². The van der Waals surface area contributed by atoms with Crippen LogP contribution in [-0.2, 0) is 11.3 Å². The summed E-state index contributed by atoms with van der Waals surface area (Å²) < 4.78 is 1.94. The number of hydrogen-bond acceptors (Lipinski definition) is 4. The molecule has 0 saturated heterocycles. The van der Waals surface area contributed by atoms with Gasteiger partial charge in [-0.2, -0.15) is 0 Å². The minimum absolute atomic E-state index is 0.0507. The summed E-state index contributed by atoms with van der Waals surface area (Å²) >= 11 is 1.36. The van der Waals surface area contributed by atoms with Gasteiger partial charge in [0.2, 0.25) is 5.91 Å². The maximum atomic E-state index is 12.9. The van der Waals surface area contributed by atoms with Crippen molar-refractivity contribution in [1.82, 2.24) is 9.55 Å². The summed E-state index contributed by atoms with van der Waals surface area (Å²) in [4.78, 5) is 31.5. The maximum Gasteiger partial charge on any atom is 0.271 e. The van der Waals surface area contributed by atoms with Crippen molar-refractivity contribution in [3.8, 4) is 11.1 Å². The molecule has 2 aromatic carbocycles. The molecule has 0 radical (unpaired) electrons. The van der Waals surface area contributed by atoms with Crippen LogP contribution in [0.25, 0.3) is 21.3 Å². The molecular formula is C22H19N3O2S. The second kappa shape index (κ2) is 7.40. The van der Waals surface area contributed by atoms with E-state index in [-0.39, 0.29) is 18.0 Å². The van der Waals surface area contributed by atoms with E-state index in [1.165, 1.54) is 27.8 Å². The average molecular weight is 389 g/mol. The highest BCUT2D eigenvalue weighted by Gasteiger charge is 2.16. The monoisotopic (exact) mass is 389 g/mol. The van der Waals surface area contributed by atoms with Gasteiger partial charge in [-0.05, 0) is 24.6 Å². The maximum absolute atomic E-state index is 12.9. The third kappa shape index (κ3) is 3.34. The van der Waals surface area contributed by atoms with Crippen molar-refractivity contribution in [3.63, 3.8) is 0 Å². The van der Waals surface area contributed by atoms with Crippen LogP contribution in [0.2, 0.25) is 0 Å². The largest absolute Gasteiger partial charge is 0.314 e. The molecule has 0 N–H and O–H groups in total. The molecule has 0 saturated carbocycles. The Hall–Kier alpha value is -3.25. The van der Waals surface area contributed by atoms with Crippen LogP contribution in [0.3, 0.4) is 0 Å². The van der Waals surface area contributed by atoms with Gasteiger partial charge in [-0.3, -0.25) is 14.2 Å². The zero-order chi connectivity index (χ0) is 19.7. The Morgan fingerprint density at radius 1 is 1.11 bits per heavy atom. The number of anilines is 1. The molecular weight excluding hydrogens is 370 g/mol. The van der Waals surface area contributed by atoms with Gasteiger partial charge in [0.1, 0.15) is 11.2 Å². The predicted octanol–water partition coefficient (Wildman–Crippen LogP) is 4.10. The molecule has 0 atom stereocenters. The summed E-state index contributed by atoms with van der Waals surface area (Å²) in [7, 11) is 1.70. The quantitative estimate of drug-likeness (QED) is 0.528. The molecule has 0 fully saturated rings. The summed E-state index contributed by atoms with van der Waals surface area (Å²) in [5, 5.41) is 1.95. The van der Waals surface area contributed by atoms with E-state index in [2.05, 4.69) is 4.98 Å². The summed E-state index contributed by atoms with van der Waals surface area (Å²) in [6.45, 7) is 1.99. The standard InChI is InChI=1S/C22H19N3O2S/c1-15-8-10-16(11-9-15)18-13-28-21-20(18)23-14-25(22(21)27)12-19(26)24(2)17-6-4-3-5-7-17/h3-11,13-14H,12H2,1-2H3. The molecule has 1 amide bonds. The number of rotatable bonds is 4. The van der Waals surface area contributed by atoms with E-state index in [1.54, 1.807) is 11.9 Å². The van der Waals surface area contributed by atoms with E-state index < -0.39 is 0 Å². The third-order valence-electron chi connectivity index (χ3n) is 4.73. The first kappa shape index (κ1) is 18.1. The summed E-state index contributed by atoms with van der Waals surface area (Å²) in [6.07, 6.45) is 1.46. The first-order valence-corrected chi connectivity index (χ1v) is 9.78. The van der Waals surface area contributed by atoms with Gasteiger partial charge >= 0.3 is 0 Å². The fraction of sp³-hybridized carbons (Fsp3) is 0.136. The Morgan fingerprint density at radius 2 is 1.82 bits per heavy atom. The average Bonchev–Trinajstić information content (AvgIpc) is 3.15. The molecule has 0 unspecified atom stereocenters. The summed E-state index contributed by atoms with van der Waals surface area (Å²) in [5.74, 6) is -0.176. The van der Waals surface area contributed by atoms with Crippen LogP contribution < -0.4 is 10.5 Å². The van der Waals surface area contributed by atoms with Gasteiger partial charge in [0.05, 0.1) is 11.8 Å². The smallest absolute Gasteiger partial charge is 0.271 e. The van der Waals surface area contributed by atoms with E-state index in [9.17, 15) is 9.59 Å². The molecule has 140 valence electrons. The highest BCUT2D eigenvalue weighted by molar-refractivity contribution is 7.17. The van der Waals surface area contributed by atoms with E-state index in [0.29, 0.717) is 10.2 Å². The van der Waals surface area contributed by atoms with E-state index in [4.69, 9.17) is 0 Å². The first-order chi connectivity index (χ1) is 13.5. The second-order valence-corrected chi connectivity index (χ2v) is 7.54. The number of aryl methyl sites for hydroxylation is 1. The Bertz CT molecular complexity index is 1190. The third-order valence-corrected chi connectivity index (χ3v) is 5.69. The summed E-state index contributed by atoms with van der Waals surface area (Å²) in [6, 6.07) is 17.5. The van der Waals surface area contributed by atoms with Gasteiger partial charge in [-0.25, -0.2) is 4.98 Å². The molecule has 2 aromatic heterocycles.